The second kappa shape index (κ2) is 26.2. The Bertz CT molecular complexity index is 3170. The Kier molecular flexibility index (Phi) is 18.1. The first-order valence-corrected chi connectivity index (χ1v) is 25.2. The Morgan fingerprint density at radius 3 is 0.924 bits per heavy atom. The molecule has 7 aromatic rings. The summed E-state index contributed by atoms with van der Waals surface area (Å²) in [7, 11) is 0. The van der Waals surface area contributed by atoms with Crippen molar-refractivity contribution < 1.29 is 80.9 Å². The lowest BCUT2D eigenvalue weighted by Crippen LogP contribution is -2.66. The van der Waals surface area contributed by atoms with Gasteiger partial charge in [0.2, 0.25) is 6.29 Å². The third-order valence-electron chi connectivity index (χ3n) is 12.8. The molecule has 0 aromatic heterocycles. The molecule has 0 N–H and O–H groups in total. The van der Waals surface area contributed by atoms with Crippen molar-refractivity contribution in [1.29, 1.82) is 0 Å². The molecule has 17 nitrogen and oxygen atoms in total. The molecule has 2 saturated heterocycles. The topological polar surface area (TPSA) is 212 Å². The predicted octanol–water partition coefficient (Wildman–Crippen LogP) is 8.93. The van der Waals surface area contributed by atoms with Crippen LogP contribution in [-0.4, -0.2) is 110 Å². The van der Waals surface area contributed by atoms with Gasteiger partial charge in [0.05, 0.1) is 44.9 Å². The Hall–Kier alpha value is -9.29. The van der Waals surface area contributed by atoms with Gasteiger partial charge in [-0.2, -0.15) is 0 Å². The van der Waals surface area contributed by atoms with E-state index in [0.717, 1.165) is 0 Å². The molecule has 0 amide bonds. The van der Waals surface area contributed by atoms with Crippen molar-refractivity contribution >= 4 is 41.8 Å². The molecule has 0 radical (unpaired) electrons. The van der Waals surface area contributed by atoms with E-state index in [9.17, 15) is 33.6 Å². The van der Waals surface area contributed by atoms with Gasteiger partial charge in [-0.05, 0) is 84.9 Å². The third kappa shape index (κ3) is 13.8. The summed E-state index contributed by atoms with van der Waals surface area (Å²) in [6.07, 6.45) is -15.2. The lowest BCUT2D eigenvalue weighted by molar-refractivity contribution is -0.346. The van der Waals surface area contributed by atoms with Crippen LogP contribution in [0.25, 0.3) is 0 Å². The summed E-state index contributed by atoms with van der Waals surface area (Å²) in [6.45, 7) is 0.226. The van der Waals surface area contributed by atoms with E-state index in [-0.39, 0.29) is 38.9 Å². The molecule has 9 rings (SSSR count). The second-order valence-electron chi connectivity index (χ2n) is 18.2. The molecule has 402 valence electrons. The first kappa shape index (κ1) is 54.5. The van der Waals surface area contributed by atoms with Crippen LogP contribution >= 0.6 is 0 Å². The van der Waals surface area contributed by atoms with Crippen LogP contribution in [0.15, 0.2) is 212 Å². The molecule has 0 bridgehead atoms. The molecule has 17 heteroatoms. The Labute approximate surface area is 453 Å². The highest BCUT2D eigenvalue weighted by atomic mass is 16.8. The van der Waals surface area contributed by atoms with Crippen LogP contribution in [0.3, 0.4) is 0 Å². The predicted molar refractivity (Wildman–Crippen MR) is 279 cm³/mol. The van der Waals surface area contributed by atoms with Gasteiger partial charge >= 0.3 is 41.8 Å². The van der Waals surface area contributed by atoms with Gasteiger partial charge < -0.3 is 47.4 Å². The summed E-state index contributed by atoms with van der Waals surface area (Å²) in [4.78, 5) is 98.6. The van der Waals surface area contributed by atoms with Crippen molar-refractivity contribution in [1.82, 2.24) is 0 Å². The van der Waals surface area contributed by atoms with Crippen LogP contribution in [0, 0.1) is 5.92 Å². The summed E-state index contributed by atoms with van der Waals surface area (Å²) < 4.78 is 63.1. The molecule has 79 heavy (non-hydrogen) atoms. The number of carbonyl (C=O) groups excluding carboxylic acids is 7. The summed E-state index contributed by atoms with van der Waals surface area (Å²) in [6, 6.07) is 55.5. The molecular weight excluding hydrogens is 1020 g/mol. The number of hydrogen-bond donors (Lipinski definition) is 0. The fraction of sp³-hybridized carbons (Fsp3) is 0.210. The maximum Gasteiger partial charge on any atom is 0.340 e. The highest BCUT2D eigenvalue weighted by Gasteiger charge is 2.57. The molecule has 2 heterocycles. The Balaban J connectivity index is 1.17. The zero-order chi connectivity index (χ0) is 55.1. The molecule has 2 aliphatic heterocycles. The third-order valence-corrected chi connectivity index (χ3v) is 12.8. The quantitative estimate of drug-likeness (QED) is 0.0580. The van der Waals surface area contributed by atoms with Gasteiger partial charge in [0.25, 0.3) is 0 Å². The minimum absolute atomic E-state index is 0.0317. The minimum Gasteiger partial charge on any atom is -0.459 e. The van der Waals surface area contributed by atoms with Gasteiger partial charge in [-0.1, -0.05) is 134 Å². The minimum atomic E-state index is -1.96. The zero-order valence-corrected chi connectivity index (χ0v) is 42.3. The standard InChI is InChI=1S/C62H52O17/c1-39-49(74-56(65)42-27-13-4-14-28-42)50(47(37-70-54(63)40-23-9-2-10-24-40)72-61(39)79-60(69)46-35-21-8-22-36-46)78-62-53(77-59(68)45-33-19-7-20-34-45)52(76-58(67)44-31-17-6-18-32-44)51(75-57(66)43-29-15-5-16-30-43)48(73-62)38-71-55(64)41-25-11-3-12-26-41/h2-36,39,47-53,61-62H,37-38H2,1H3/t39?,47?,48?,49?,50-,51+,52+,53?,61?,62+/m1/s1. The normalized spacial score (nSPS) is 22.4. The molecule has 2 aliphatic rings. The number of benzene rings is 7. The van der Waals surface area contributed by atoms with E-state index in [2.05, 4.69) is 0 Å². The Morgan fingerprint density at radius 1 is 0.304 bits per heavy atom. The van der Waals surface area contributed by atoms with Gasteiger partial charge in [0, 0.05) is 0 Å². The van der Waals surface area contributed by atoms with Crippen molar-refractivity contribution in [2.75, 3.05) is 13.2 Å². The van der Waals surface area contributed by atoms with E-state index in [4.69, 9.17) is 47.4 Å². The fourth-order valence-electron chi connectivity index (χ4n) is 8.77. The van der Waals surface area contributed by atoms with Gasteiger partial charge in [0.15, 0.2) is 24.6 Å². The maximum absolute atomic E-state index is 14.5. The van der Waals surface area contributed by atoms with Crippen LogP contribution in [0.5, 0.6) is 0 Å². The van der Waals surface area contributed by atoms with Gasteiger partial charge in [-0.25, -0.2) is 33.6 Å². The summed E-state index contributed by atoms with van der Waals surface area (Å²) >= 11 is 0. The van der Waals surface area contributed by atoms with Gasteiger partial charge in [-0.15, -0.1) is 0 Å². The molecule has 0 saturated carbocycles. The molecule has 0 spiro atoms. The summed E-state index contributed by atoms with van der Waals surface area (Å²) in [5.74, 6) is -7.25. The molecule has 7 aromatic carbocycles. The van der Waals surface area contributed by atoms with Crippen molar-refractivity contribution in [3.05, 3.63) is 251 Å². The SMILES string of the molecule is CC1C(OC(=O)c2ccccc2)OC(COC(=O)c2ccccc2)[C@@H](O[C@@H]2OC(COC(=O)c3ccccc3)[C@H](OC(=O)c3ccccc3)[C@H](OC(=O)c3ccccc3)C2OC(=O)c2ccccc2)C1OC(=O)c1ccccc1. The van der Waals surface area contributed by atoms with Crippen molar-refractivity contribution in [2.24, 2.45) is 5.92 Å². The molecule has 10 atom stereocenters. The van der Waals surface area contributed by atoms with Gasteiger partial charge in [-0.3, -0.25) is 0 Å². The van der Waals surface area contributed by atoms with Crippen LogP contribution in [0.1, 0.15) is 79.4 Å². The van der Waals surface area contributed by atoms with E-state index >= 15 is 0 Å². The van der Waals surface area contributed by atoms with Crippen LogP contribution in [0.4, 0.5) is 0 Å². The second-order valence-corrected chi connectivity index (χ2v) is 18.2. The van der Waals surface area contributed by atoms with E-state index in [0.29, 0.717) is 0 Å². The lowest BCUT2D eigenvalue weighted by atomic mass is 9.91. The number of ether oxygens (including phenoxy) is 10. The average molecular weight is 1070 g/mol. The lowest BCUT2D eigenvalue weighted by Gasteiger charge is -2.48. The molecular formula is C62H52O17. The highest BCUT2D eigenvalue weighted by molar-refractivity contribution is 5.93. The number of rotatable bonds is 18. The monoisotopic (exact) mass is 1070 g/mol. The van der Waals surface area contributed by atoms with Crippen LogP contribution in [-0.2, 0) is 47.4 Å². The zero-order valence-electron chi connectivity index (χ0n) is 42.3. The molecule has 2 fully saturated rings. The van der Waals surface area contributed by atoms with E-state index in [1.165, 1.54) is 84.9 Å². The smallest absolute Gasteiger partial charge is 0.340 e. The highest BCUT2D eigenvalue weighted by Crippen LogP contribution is 2.38. The van der Waals surface area contributed by atoms with E-state index in [1.807, 2.05) is 0 Å². The number of esters is 7. The average Bonchev–Trinajstić information content (AvgIpc) is 3.51. The fourth-order valence-corrected chi connectivity index (χ4v) is 8.77. The van der Waals surface area contributed by atoms with Crippen LogP contribution < -0.4 is 0 Å². The first-order valence-electron chi connectivity index (χ1n) is 25.2. The van der Waals surface area contributed by atoms with Gasteiger partial charge in [0.1, 0.15) is 37.6 Å². The van der Waals surface area contributed by atoms with Crippen molar-refractivity contribution in [2.45, 2.75) is 62.2 Å². The number of carbonyl (C=O) groups is 7. The van der Waals surface area contributed by atoms with Crippen molar-refractivity contribution in [3.63, 3.8) is 0 Å². The largest absolute Gasteiger partial charge is 0.459 e. The van der Waals surface area contributed by atoms with Crippen molar-refractivity contribution in [3.8, 4) is 0 Å². The summed E-state index contributed by atoms with van der Waals surface area (Å²) in [5.41, 5.74) is 0.736. The molecule has 6 unspecified atom stereocenters. The maximum atomic E-state index is 14.5. The Morgan fingerprint density at radius 2 is 0.570 bits per heavy atom. The van der Waals surface area contributed by atoms with E-state index < -0.39 is 116 Å². The first-order chi connectivity index (χ1) is 38.5. The van der Waals surface area contributed by atoms with E-state index in [1.54, 1.807) is 134 Å². The summed E-state index contributed by atoms with van der Waals surface area (Å²) in [5, 5.41) is 0. The number of hydrogen-bond acceptors (Lipinski definition) is 17. The molecule has 0 aliphatic carbocycles. The van der Waals surface area contributed by atoms with Crippen LogP contribution in [0.2, 0.25) is 0 Å².